The number of rotatable bonds is 4. The van der Waals surface area contributed by atoms with Crippen molar-refractivity contribution in [3.8, 4) is 11.6 Å². The van der Waals surface area contributed by atoms with Gasteiger partial charge in [-0.2, -0.15) is 0 Å². The van der Waals surface area contributed by atoms with E-state index in [-0.39, 0.29) is 0 Å². The first-order valence-electron chi connectivity index (χ1n) is 6.43. The van der Waals surface area contributed by atoms with Crippen LogP contribution in [0.3, 0.4) is 0 Å². The van der Waals surface area contributed by atoms with Gasteiger partial charge in [0.05, 0.1) is 32.0 Å². The lowest BCUT2D eigenvalue weighted by molar-refractivity contribution is 0.396. The summed E-state index contributed by atoms with van der Waals surface area (Å²) in [6.45, 7) is 0.702. The van der Waals surface area contributed by atoms with E-state index in [2.05, 4.69) is 21.7 Å². The minimum absolute atomic E-state index is 0.636. The summed E-state index contributed by atoms with van der Waals surface area (Å²) in [4.78, 5) is 4.44. The first-order valence-corrected chi connectivity index (χ1v) is 6.43. The molecule has 20 heavy (non-hydrogen) atoms. The Hall–Kier alpha value is -2.49. The summed E-state index contributed by atoms with van der Waals surface area (Å²) < 4.78 is 12.7. The van der Waals surface area contributed by atoms with Crippen LogP contribution in [0.4, 0.5) is 0 Å². The fraction of sp³-hybridized carbons (Fsp3) is 0.188. The molecule has 4 nitrogen and oxygen atoms in total. The molecule has 0 saturated carbocycles. The second-order valence-corrected chi connectivity index (χ2v) is 4.51. The van der Waals surface area contributed by atoms with Crippen LogP contribution in [0.25, 0.3) is 10.9 Å². The third-order valence-corrected chi connectivity index (χ3v) is 3.32. The van der Waals surface area contributed by atoms with Crippen molar-refractivity contribution in [1.82, 2.24) is 9.55 Å². The number of nitrogens with zero attached hydrogens (tertiary/aromatic N) is 2. The van der Waals surface area contributed by atoms with E-state index in [0.29, 0.717) is 12.4 Å². The van der Waals surface area contributed by atoms with E-state index in [9.17, 15) is 0 Å². The second-order valence-electron chi connectivity index (χ2n) is 4.51. The van der Waals surface area contributed by atoms with Gasteiger partial charge >= 0.3 is 0 Å². The average molecular weight is 268 g/mol. The summed E-state index contributed by atoms with van der Waals surface area (Å²) in [5.74, 6) is 1.52. The summed E-state index contributed by atoms with van der Waals surface area (Å²) in [6.07, 6.45) is 2.05. The van der Waals surface area contributed by atoms with Crippen LogP contribution in [-0.2, 0) is 6.54 Å². The fourth-order valence-electron chi connectivity index (χ4n) is 2.34. The zero-order chi connectivity index (χ0) is 13.9. The van der Waals surface area contributed by atoms with Crippen LogP contribution in [0.1, 0.15) is 5.69 Å². The van der Waals surface area contributed by atoms with Crippen molar-refractivity contribution in [2.75, 3.05) is 14.2 Å². The zero-order valence-corrected chi connectivity index (χ0v) is 11.5. The molecule has 0 unspecified atom stereocenters. The molecule has 2 heterocycles. The maximum Gasteiger partial charge on any atom is 0.213 e. The number of hydrogen-bond donors (Lipinski definition) is 0. The highest BCUT2D eigenvalue weighted by Crippen LogP contribution is 2.26. The third kappa shape index (κ3) is 2.20. The Morgan fingerprint density at radius 3 is 2.65 bits per heavy atom. The molecule has 102 valence electrons. The van der Waals surface area contributed by atoms with Crippen LogP contribution in [-0.4, -0.2) is 23.8 Å². The molecule has 4 heteroatoms. The Morgan fingerprint density at radius 1 is 1.00 bits per heavy atom. The molecule has 0 spiro atoms. The van der Waals surface area contributed by atoms with Gasteiger partial charge in [-0.3, -0.25) is 0 Å². The van der Waals surface area contributed by atoms with Gasteiger partial charge in [-0.15, -0.1) is 0 Å². The molecule has 0 aliphatic heterocycles. The molecule has 0 N–H and O–H groups in total. The van der Waals surface area contributed by atoms with Crippen molar-refractivity contribution in [2.24, 2.45) is 0 Å². The average Bonchev–Trinajstić information content (AvgIpc) is 2.90. The third-order valence-electron chi connectivity index (χ3n) is 3.32. The highest BCUT2D eigenvalue weighted by atomic mass is 16.5. The molecular formula is C16H16N2O2. The molecule has 0 aliphatic rings. The Morgan fingerprint density at radius 2 is 1.85 bits per heavy atom. The summed E-state index contributed by atoms with van der Waals surface area (Å²) in [5, 5.41) is 1.11. The van der Waals surface area contributed by atoms with E-state index in [1.165, 1.54) is 0 Å². The van der Waals surface area contributed by atoms with Gasteiger partial charge in [-0.05, 0) is 24.3 Å². The van der Waals surface area contributed by atoms with Crippen LogP contribution in [0, 0.1) is 0 Å². The lowest BCUT2D eigenvalue weighted by Crippen LogP contribution is -2.01. The molecule has 0 bridgehead atoms. The monoisotopic (exact) mass is 268 g/mol. The van der Waals surface area contributed by atoms with Crippen molar-refractivity contribution in [3.05, 3.63) is 54.4 Å². The Balaban J connectivity index is 1.98. The quantitative estimate of drug-likeness (QED) is 0.729. The van der Waals surface area contributed by atoms with Crippen LogP contribution in [0.2, 0.25) is 0 Å². The molecule has 0 saturated heterocycles. The Labute approximate surface area is 117 Å². The molecule has 0 radical (unpaired) electrons. The maximum absolute atomic E-state index is 5.38. The molecule has 0 amide bonds. The minimum atomic E-state index is 0.636. The van der Waals surface area contributed by atoms with Gasteiger partial charge in [0.2, 0.25) is 5.88 Å². The van der Waals surface area contributed by atoms with E-state index in [1.807, 2.05) is 36.5 Å². The molecule has 0 aliphatic carbocycles. The van der Waals surface area contributed by atoms with Crippen LogP contribution in [0.5, 0.6) is 11.6 Å². The normalized spacial score (nSPS) is 10.7. The lowest BCUT2D eigenvalue weighted by atomic mass is 10.2. The van der Waals surface area contributed by atoms with Crippen molar-refractivity contribution in [2.45, 2.75) is 6.54 Å². The largest absolute Gasteiger partial charge is 0.496 e. The molecule has 3 aromatic rings. The summed E-state index contributed by atoms with van der Waals surface area (Å²) >= 11 is 0. The predicted octanol–water partition coefficient (Wildman–Crippen LogP) is 3.10. The smallest absolute Gasteiger partial charge is 0.213 e. The van der Waals surface area contributed by atoms with E-state index in [0.717, 1.165) is 22.3 Å². The first kappa shape index (κ1) is 12.5. The highest BCUT2D eigenvalue weighted by molar-refractivity contribution is 5.86. The standard InChI is InChI=1S/C16H16N2O2/c1-19-15-7-4-6-14-13(15)9-10-18(14)11-12-5-3-8-16(17-12)20-2/h3-10H,11H2,1-2H3. The SMILES string of the molecule is COc1cccc(Cn2ccc3c(OC)cccc32)n1. The number of fused-ring (bicyclic) bond motifs is 1. The molecule has 0 fully saturated rings. The number of hydrogen-bond acceptors (Lipinski definition) is 3. The summed E-state index contributed by atoms with van der Waals surface area (Å²) in [7, 11) is 3.32. The van der Waals surface area contributed by atoms with Gasteiger partial charge in [-0.25, -0.2) is 4.98 Å². The number of aromatic nitrogens is 2. The topological polar surface area (TPSA) is 36.3 Å². The van der Waals surface area contributed by atoms with Crippen molar-refractivity contribution in [1.29, 1.82) is 0 Å². The van der Waals surface area contributed by atoms with Gasteiger partial charge in [-0.1, -0.05) is 12.1 Å². The van der Waals surface area contributed by atoms with Crippen LogP contribution >= 0.6 is 0 Å². The van der Waals surface area contributed by atoms with E-state index < -0.39 is 0 Å². The predicted molar refractivity (Wildman–Crippen MR) is 78.4 cm³/mol. The van der Waals surface area contributed by atoms with E-state index >= 15 is 0 Å². The van der Waals surface area contributed by atoms with E-state index in [4.69, 9.17) is 9.47 Å². The van der Waals surface area contributed by atoms with Crippen LogP contribution < -0.4 is 9.47 Å². The number of methoxy groups -OCH3 is 2. The zero-order valence-electron chi connectivity index (χ0n) is 11.5. The van der Waals surface area contributed by atoms with E-state index in [1.54, 1.807) is 14.2 Å². The van der Waals surface area contributed by atoms with Gasteiger partial charge < -0.3 is 14.0 Å². The van der Waals surface area contributed by atoms with Gasteiger partial charge in [0.15, 0.2) is 0 Å². The summed E-state index contributed by atoms with van der Waals surface area (Å²) in [5.41, 5.74) is 2.10. The molecule has 2 aromatic heterocycles. The van der Waals surface area contributed by atoms with Crippen molar-refractivity contribution >= 4 is 10.9 Å². The molecule has 0 atom stereocenters. The maximum atomic E-state index is 5.38. The van der Waals surface area contributed by atoms with Crippen molar-refractivity contribution in [3.63, 3.8) is 0 Å². The van der Waals surface area contributed by atoms with Gasteiger partial charge in [0, 0.05) is 17.6 Å². The Bertz CT molecular complexity index is 734. The first-order chi connectivity index (χ1) is 9.81. The lowest BCUT2D eigenvalue weighted by Gasteiger charge is -2.07. The fourth-order valence-corrected chi connectivity index (χ4v) is 2.34. The number of ether oxygens (including phenoxy) is 2. The molecular weight excluding hydrogens is 252 g/mol. The highest BCUT2D eigenvalue weighted by Gasteiger charge is 2.07. The number of pyridine rings is 1. The second kappa shape index (κ2) is 5.25. The minimum Gasteiger partial charge on any atom is -0.496 e. The molecule has 3 rings (SSSR count). The van der Waals surface area contributed by atoms with Crippen LogP contribution in [0.15, 0.2) is 48.7 Å². The van der Waals surface area contributed by atoms with Gasteiger partial charge in [0.25, 0.3) is 0 Å². The Kier molecular flexibility index (Phi) is 3.29. The number of benzene rings is 1. The van der Waals surface area contributed by atoms with Crippen molar-refractivity contribution < 1.29 is 9.47 Å². The molecule has 1 aromatic carbocycles. The van der Waals surface area contributed by atoms with Gasteiger partial charge in [0.1, 0.15) is 5.75 Å². The summed E-state index contributed by atoms with van der Waals surface area (Å²) in [6, 6.07) is 13.9.